The molecule has 2 unspecified atom stereocenters. The van der Waals surface area contributed by atoms with Gasteiger partial charge in [-0.2, -0.15) is 0 Å². The van der Waals surface area contributed by atoms with Gasteiger partial charge in [0, 0.05) is 0 Å². The van der Waals surface area contributed by atoms with Gasteiger partial charge in [0.1, 0.15) is 0 Å². The van der Waals surface area contributed by atoms with Crippen molar-refractivity contribution in [2.24, 2.45) is 23.0 Å². The third kappa shape index (κ3) is 3.19. The molecule has 4 saturated carbocycles. The van der Waals surface area contributed by atoms with Crippen LogP contribution in [0.4, 0.5) is 4.79 Å². The van der Waals surface area contributed by atoms with Crippen LogP contribution in [0.1, 0.15) is 55.2 Å². The van der Waals surface area contributed by atoms with E-state index < -0.39 is 24.0 Å². The van der Waals surface area contributed by atoms with Crippen LogP contribution < -0.4 is 11.1 Å². The largest absolute Gasteiger partial charge is 0.455 e. The van der Waals surface area contributed by atoms with E-state index in [9.17, 15) is 14.4 Å². The van der Waals surface area contributed by atoms with Crippen LogP contribution in [0.5, 0.6) is 0 Å². The number of primary amides is 1. The lowest BCUT2D eigenvalue weighted by molar-refractivity contribution is -0.175. The second-order valence-corrected chi connectivity index (χ2v) is 9.31. The lowest BCUT2D eigenvalue weighted by atomic mass is 9.43. The van der Waals surface area contributed by atoms with Gasteiger partial charge in [0.05, 0.1) is 5.41 Å². The Morgan fingerprint density at radius 1 is 1.11 bits per heavy atom. The van der Waals surface area contributed by atoms with Crippen LogP contribution in [0.2, 0.25) is 0 Å². The van der Waals surface area contributed by atoms with Crippen molar-refractivity contribution in [1.82, 2.24) is 5.32 Å². The van der Waals surface area contributed by atoms with Crippen molar-refractivity contribution < 1.29 is 19.1 Å². The Morgan fingerprint density at radius 3 is 2.39 bits per heavy atom. The number of hydrogen-bond acceptors (Lipinski definition) is 4. The first-order valence-electron chi connectivity index (χ1n) is 10.1. The van der Waals surface area contributed by atoms with E-state index in [1.54, 1.807) is 0 Å². The van der Waals surface area contributed by atoms with Crippen LogP contribution >= 0.6 is 0 Å². The fourth-order valence-corrected chi connectivity index (χ4v) is 6.37. The van der Waals surface area contributed by atoms with Gasteiger partial charge in [-0.25, -0.2) is 4.79 Å². The molecule has 0 aromatic heterocycles. The van der Waals surface area contributed by atoms with Gasteiger partial charge in [0.25, 0.3) is 5.91 Å². The smallest absolute Gasteiger partial charge is 0.318 e. The predicted octanol–water partition coefficient (Wildman–Crippen LogP) is 2.88. The van der Waals surface area contributed by atoms with Crippen LogP contribution in [-0.2, 0) is 19.7 Å². The quantitative estimate of drug-likeness (QED) is 0.780. The second-order valence-electron chi connectivity index (χ2n) is 9.31. The van der Waals surface area contributed by atoms with Crippen molar-refractivity contribution in [3.05, 3.63) is 34.9 Å². The summed E-state index contributed by atoms with van der Waals surface area (Å²) in [6.07, 6.45) is 5.90. The molecule has 3 amide bonds. The Balaban J connectivity index is 1.57. The fraction of sp³-hybridized carbons (Fsp3) is 0.591. The van der Waals surface area contributed by atoms with Crippen molar-refractivity contribution in [3.63, 3.8) is 0 Å². The number of imide groups is 1. The lowest BCUT2D eigenvalue weighted by Crippen LogP contribution is -2.57. The third-order valence-electron chi connectivity index (χ3n) is 7.21. The number of ether oxygens (including phenoxy) is 1. The Labute approximate surface area is 165 Å². The summed E-state index contributed by atoms with van der Waals surface area (Å²) in [5.41, 5.74) is 8.35. The van der Waals surface area contributed by atoms with Crippen molar-refractivity contribution in [2.45, 2.75) is 57.8 Å². The number of carbonyl (C=O) groups is 3. The van der Waals surface area contributed by atoms with E-state index in [0.29, 0.717) is 11.8 Å². The lowest BCUT2D eigenvalue weighted by Gasteiger charge is -2.61. The van der Waals surface area contributed by atoms with Gasteiger partial charge < -0.3 is 10.5 Å². The molecule has 6 nitrogen and oxygen atoms in total. The molecule has 4 aliphatic carbocycles. The number of benzene rings is 1. The number of hydrogen-bond donors (Lipinski definition) is 2. The van der Waals surface area contributed by atoms with Gasteiger partial charge in [0.15, 0.2) is 6.61 Å². The predicted molar refractivity (Wildman–Crippen MR) is 103 cm³/mol. The molecule has 0 radical (unpaired) electrons. The van der Waals surface area contributed by atoms with Gasteiger partial charge in [-0.05, 0) is 86.3 Å². The van der Waals surface area contributed by atoms with Gasteiger partial charge in [0.2, 0.25) is 0 Å². The molecule has 0 heterocycles. The summed E-state index contributed by atoms with van der Waals surface area (Å²) in [5.74, 6) is 0.0635. The number of nitrogens with two attached hydrogens (primary N) is 1. The summed E-state index contributed by atoms with van der Waals surface area (Å²) < 4.78 is 5.35. The topological polar surface area (TPSA) is 98.5 Å². The second kappa shape index (κ2) is 6.61. The fourth-order valence-electron chi connectivity index (χ4n) is 6.37. The minimum atomic E-state index is -0.940. The van der Waals surface area contributed by atoms with Crippen molar-refractivity contribution >= 4 is 17.9 Å². The highest BCUT2D eigenvalue weighted by Gasteiger charge is 2.61. The SMILES string of the molecule is Cc1ccc(C23CC4CC(CC(C(=O)OCC(=O)NC(N)=O)(C4)C2)C3)cc1C. The first kappa shape index (κ1) is 19.0. The molecule has 1 aromatic carbocycles. The molecule has 3 N–H and O–H groups in total. The molecular formula is C22H28N2O4. The third-order valence-corrected chi connectivity index (χ3v) is 7.21. The number of carbonyl (C=O) groups excluding carboxylic acids is 3. The summed E-state index contributed by atoms with van der Waals surface area (Å²) in [6, 6.07) is 5.77. The maximum absolute atomic E-state index is 13.1. The number of aryl methyl sites for hydroxylation is 2. The molecule has 4 fully saturated rings. The number of rotatable bonds is 4. The van der Waals surface area contributed by atoms with Gasteiger partial charge in [-0.15, -0.1) is 0 Å². The molecule has 150 valence electrons. The van der Waals surface area contributed by atoms with E-state index in [4.69, 9.17) is 10.5 Å². The Morgan fingerprint density at radius 2 is 1.79 bits per heavy atom. The van der Waals surface area contributed by atoms with Crippen molar-refractivity contribution in [2.75, 3.05) is 6.61 Å². The molecule has 2 atom stereocenters. The molecule has 1 aromatic rings. The zero-order chi connectivity index (χ0) is 20.1. The Bertz CT molecular complexity index is 833. The summed E-state index contributed by atoms with van der Waals surface area (Å²) in [6.45, 7) is 3.80. The van der Waals surface area contributed by atoms with Gasteiger partial charge >= 0.3 is 12.0 Å². The summed E-state index contributed by atoms with van der Waals surface area (Å²) in [4.78, 5) is 35.5. The molecule has 4 bridgehead atoms. The standard InChI is InChI=1S/C22H28N2O4/c1-13-3-4-17(5-14(13)2)21-7-15-6-16(8-21)10-22(9-15,12-21)19(26)28-11-18(25)24-20(23)27/h3-5,15-16H,6-12H2,1-2H3,(H3,23,24,25,27). The average Bonchev–Trinajstić information content (AvgIpc) is 2.60. The van der Waals surface area contributed by atoms with Crippen LogP contribution in [-0.4, -0.2) is 24.5 Å². The highest BCUT2D eigenvalue weighted by molar-refractivity contribution is 5.95. The first-order valence-corrected chi connectivity index (χ1v) is 10.1. The summed E-state index contributed by atoms with van der Waals surface area (Å²) in [5, 5.41) is 1.94. The monoisotopic (exact) mass is 384 g/mol. The van der Waals surface area contributed by atoms with E-state index in [1.807, 2.05) is 5.32 Å². The molecule has 0 aliphatic heterocycles. The van der Waals surface area contributed by atoms with Crippen LogP contribution in [0, 0.1) is 31.1 Å². The van der Waals surface area contributed by atoms with Gasteiger partial charge in [-0.3, -0.25) is 14.9 Å². The molecular weight excluding hydrogens is 356 g/mol. The Kier molecular flexibility index (Phi) is 4.47. The molecule has 6 heteroatoms. The average molecular weight is 384 g/mol. The molecule has 0 saturated heterocycles. The minimum Gasteiger partial charge on any atom is -0.455 e. The van der Waals surface area contributed by atoms with Crippen LogP contribution in [0.15, 0.2) is 18.2 Å². The highest BCUT2D eigenvalue weighted by Crippen LogP contribution is 2.66. The van der Waals surface area contributed by atoms with E-state index in [2.05, 4.69) is 32.0 Å². The number of esters is 1. The molecule has 4 aliphatic rings. The summed E-state index contributed by atoms with van der Waals surface area (Å²) >= 11 is 0. The van der Waals surface area contributed by atoms with Crippen LogP contribution in [0.3, 0.4) is 0 Å². The number of urea groups is 1. The van der Waals surface area contributed by atoms with E-state index in [-0.39, 0.29) is 11.4 Å². The number of amides is 3. The van der Waals surface area contributed by atoms with Crippen LogP contribution in [0.25, 0.3) is 0 Å². The normalized spacial score (nSPS) is 32.8. The zero-order valence-corrected chi connectivity index (χ0v) is 16.5. The Hall–Kier alpha value is -2.37. The van der Waals surface area contributed by atoms with Crippen molar-refractivity contribution in [3.8, 4) is 0 Å². The summed E-state index contributed by atoms with van der Waals surface area (Å²) in [7, 11) is 0. The van der Waals surface area contributed by atoms with E-state index in [1.165, 1.54) is 23.1 Å². The maximum atomic E-state index is 13.1. The van der Waals surface area contributed by atoms with E-state index in [0.717, 1.165) is 32.1 Å². The minimum absolute atomic E-state index is 0.0248. The first-order chi connectivity index (χ1) is 13.2. The molecule has 5 rings (SSSR count). The maximum Gasteiger partial charge on any atom is 0.318 e. The van der Waals surface area contributed by atoms with Crippen molar-refractivity contribution in [1.29, 1.82) is 0 Å². The zero-order valence-electron chi connectivity index (χ0n) is 16.5. The van der Waals surface area contributed by atoms with Gasteiger partial charge in [-0.1, -0.05) is 18.2 Å². The highest BCUT2D eigenvalue weighted by atomic mass is 16.5. The van der Waals surface area contributed by atoms with E-state index >= 15 is 0 Å². The molecule has 0 spiro atoms. The molecule has 28 heavy (non-hydrogen) atoms. The number of nitrogens with one attached hydrogen (secondary N) is 1.